The first-order valence-electron chi connectivity index (χ1n) is 41.9. The zero-order valence-corrected chi connectivity index (χ0v) is 70.5. The number of unbranched alkanes of at least 4 members (excludes halogenated alkanes) is 2. The molecule has 8 heterocycles. The number of hydrogen-bond donors (Lipinski definition) is 21. The highest BCUT2D eigenvalue weighted by Gasteiger charge is 2.41. The molecule has 11 rings (SSSR count). The minimum absolute atomic E-state index is 0.00402. The van der Waals surface area contributed by atoms with Crippen molar-refractivity contribution in [3.8, 4) is 0 Å². The van der Waals surface area contributed by atoms with Gasteiger partial charge < -0.3 is 121 Å². The van der Waals surface area contributed by atoms with E-state index in [0.717, 1.165) is 0 Å². The van der Waals surface area contributed by atoms with E-state index in [1.165, 1.54) is 55.2 Å². The Morgan fingerprint density at radius 2 is 1.09 bits per heavy atom. The molecule has 129 heavy (non-hydrogen) atoms. The molecule has 2 saturated heterocycles. The molecule has 45 heteroatoms. The second-order valence-corrected chi connectivity index (χ2v) is 31.4. The normalized spacial score (nSPS) is 15.4. The fourth-order valence-electron chi connectivity index (χ4n) is 15.1. The molecule has 0 saturated carbocycles. The summed E-state index contributed by atoms with van der Waals surface area (Å²) in [5, 5.41) is 53.2. The van der Waals surface area contributed by atoms with E-state index in [4.69, 9.17) is 17.2 Å². The standard InChI is InChI=1S/C84H103N27O18/c1-44(112)90-27-9-8-17-59(83(129)111-29-11-18-65(111)82(128)95-40-66(85)113)102-78(124)61(31-47-36-93-55-15-6-4-13-53(47)55)104-81(127)64(34-69(117)118)107-80(126)63(33-49-38-89-43-97-49)105-75(121)56(101-77(123)60(30-46-35-92-54-14-5-3-12-52(46)54)103-79(125)62(32-48-37-88-42-96-48)106-76(122)58-23-25-67(114)99-58)16-7-10-28-91-74(120)57(24-26-68(115)116)100-73(119)45-19-21-51(22-20-45)110(2)41-50-39-94-72-70(98-50)71(86)108-84(87)109-72/h3-6,12-15,19-22,35-39,42-43,56-65,92-93H,7-11,16-18,23-34,40-41H2,1-2H3,(H2,85,113)(H,88,96)(H,89,97)(H,90,112)(H,91,120)(H,95,128)(H,99,114)(H,100,119)(H,101,123)(H,102,124)(H,103,125)(H,104,127)(H,105,121)(H,106,122)(H,107,126)(H,115,116)(H,117,118)(H4,86,87,94,108,109)/t56-,57-,58-,59-,60-,61-,62-,63-,64-,65-/m0/s1. The van der Waals surface area contributed by atoms with E-state index in [1.54, 1.807) is 85.0 Å². The number of benzene rings is 3. The fraction of sp³-hybridized carbons (Fsp3) is 0.405. The number of carboxylic acids is 2. The van der Waals surface area contributed by atoms with E-state index >= 15 is 24.0 Å². The Hall–Kier alpha value is -15.5. The first-order valence-corrected chi connectivity index (χ1v) is 41.9. The Kier molecular flexibility index (Phi) is 32.8. The number of fused-ring (bicyclic) bond motifs is 3. The van der Waals surface area contributed by atoms with E-state index in [0.29, 0.717) is 62.8 Å². The molecule has 6 aromatic heterocycles. The number of aromatic amines is 4. The third-order valence-electron chi connectivity index (χ3n) is 21.8. The van der Waals surface area contributed by atoms with Gasteiger partial charge in [0.25, 0.3) is 5.91 Å². The Morgan fingerprint density at radius 3 is 1.64 bits per heavy atom. The third kappa shape index (κ3) is 26.8. The number of carboxylic acid groups (broad SMARTS) is 2. The molecule has 0 unspecified atom stereocenters. The molecule has 0 radical (unpaired) electrons. The zero-order valence-electron chi connectivity index (χ0n) is 70.5. The average molecular weight is 1780 g/mol. The predicted octanol–water partition coefficient (Wildman–Crippen LogP) is -2.10. The van der Waals surface area contributed by atoms with Gasteiger partial charge in [-0.05, 0) is 112 Å². The summed E-state index contributed by atoms with van der Waals surface area (Å²) in [4.78, 5) is 262. The highest BCUT2D eigenvalue weighted by molar-refractivity contribution is 6.02. The number of nitrogen functional groups attached to an aromatic ring is 2. The van der Waals surface area contributed by atoms with Crippen molar-refractivity contribution in [3.63, 3.8) is 0 Å². The molecule has 14 amide bonds. The van der Waals surface area contributed by atoms with E-state index in [2.05, 4.69) is 114 Å². The lowest BCUT2D eigenvalue weighted by atomic mass is 10.0. The Labute approximate surface area is 735 Å². The lowest BCUT2D eigenvalue weighted by Crippen LogP contribution is -2.61. The number of amides is 14. The van der Waals surface area contributed by atoms with Gasteiger partial charge in [0.15, 0.2) is 17.0 Å². The van der Waals surface area contributed by atoms with Gasteiger partial charge in [0.2, 0.25) is 82.7 Å². The summed E-state index contributed by atoms with van der Waals surface area (Å²) in [7, 11) is 1.76. The van der Waals surface area contributed by atoms with Gasteiger partial charge in [-0.2, -0.15) is 9.97 Å². The number of imidazole rings is 2. The topological polar surface area (TPSA) is 683 Å². The minimum atomic E-state index is -2.07. The molecule has 2 aliphatic heterocycles. The maximum atomic E-state index is 15.5. The number of primary amides is 1. The number of nitrogens with zero attached hydrogens (tertiary/aromatic N) is 8. The van der Waals surface area contributed by atoms with Crippen molar-refractivity contribution in [1.29, 1.82) is 0 Å². The molecule has 0 spiro atoms. The van der Waals surface area contributed by atoms with Crippen molar-refractivity contribution in [2.75, 3.05) is 49.6 Å². The fourth-order valence-corrected chi connectivity index (χ4v) is 15.1. The van der Waals surface area contributed by atoms with Crippen molar-refractivity contribution < 1.29 is 86.9 Å². The maximum Gasteiger partial charge on any atom is 0.305 e. The van der Waals surface area contributed by atoms with Crippen molar-refractivity contribution in [2.45, 2.75) is 183 Å². The molecule has 2 aliphatic rings. The number of carbonyl (C=O) groups is 16. The van der Waals surface area contributed by atoms with Crippen molar-refractivity contribution >= 4 is 145 Å². The smallest absolute Gasteiger partial charge is 0.305 e. The number of hydrogen-bond acceptors (Lipinski definition) is 25. The summed E-state index contributed by atoms with van der Waals surface area (Å²) in [5.41, 5.74) is 21.5. The first-order chi connectivity index (χ1) is 61.9. The summed E-state index contributed by atoms with van der Waals surface area (Å²) >= 11 is 0. The van der Waals surface area contributed by atoms with Crippen molar-refractivity contribution in [3.05, 3.63) is 150 Å². The second-order valence-electron chi connectivity index (χ2n) is 31.4. The predicted molar refractivity (Wildman–Crippen MR) is 462 cm³/mol. The third-order valence-corrected chi connectivity index (χ3v) is 21.8. The molecule has 9 aromatic rings. The van der Waals surface area contributed by atoms with Crippen molar-refractivity contribution in [2.24, 2.45) is 5.73 Å². The number of rotatable bonds is 47. The lowest BCUT2D eigenvalue weighted by Gasteiger charge is -2.30. The summed E-state index contributed by atoms with van der Waals surface area (Å²) < 4.78 is 0. The summed E-state index contributed by atoms with van der Waals surface area (Å²) in [6.07, 6.45) is 7.48. The van der Waals surface area contributed by atoms with Gasteiger partial charge >= 0.3 is 11.9 Å². The number of aromatic nitrogens is 10. The molecule has 3 aromatic carbocycles. The average Bonchev–Trinajstić information content (AvgIpc) is 1.78. The monoisotopic (exact) mass is 1780 g/mol. The number of H-pyrrole nitrogens is 4. The van der Waals surface area contributed by atoms with Crippen LogP contribution in [-0.2, 0) is 104 Å². The van der Waals surface area contributed by atoms with Crippen LogP contribution in [0.3, 0.4) is 0 Å². The van der Waals surface area contributed by atoms with E-state index in [9.17, 15) is 63.0 Å². The van der Waals surface area contributed by atoms with Crippen molar-refractivity contribution in [1.82, 2.24) is 119 Å². The second kappa shape index (κ2) is 44.9. The van der Waals surface area contributed by atoms with Crippen LogP contribution in [0.15, 0.2) is 116 Å². The maximum absolute atomic E-state index is 15.5. The molecular weight excluding hydrogens is 1680 g/mol. The minimum Gasteiger partial charge on any atom is -0.481 e. The van der Waals surface area contributed by atoms with Crippen LogP contribution in [0.25, 0.3) is 33.0 Å². The van der Waals surface area contributed by atoms with Crippen LogP contribution < -0.4 is 85.9 Å². The Balaban J connectivity index is 0.850. The van der Waals surface area contributed by atoms with Gasteiger partial charge in [-0.25, -0.2) is 19.9 Å². The molecular formula is C84H103N27O18. The highest BCUT2D eigenvalue weighted by atomic mass is 16.4. The molecule has 10 atom stereocenters. The molecule has 45 nitrogen and oxygen atoms in total. The van der Waals surface area contributed by atoms with E-state index < -0.39 is 175 Å². The van der Waals surface area contributed by atoms with Crippen LogP contribution in [0.5, 0.6) is 0 Å². The largest absolute Gasteiger partial charge is 0.481 e. The number of para-hydroxylation sites is 2. The van der Waals surface area contributed by atoms with Gasteiger partial charge in [-0.3, -0.25) is 76.7 Å². The number of nitrogens with two attached hydrogens (primary N) is 3. The van der Waals surface area contributed by atoms with Crippen LogP contribution in [0, 0.1) is 0 Å². The van der Waals surface area contributed by atoms with Gasteiger partial charge in [0.05, 0.1) is 44.1 Å². The number of carbonyl (C=O) groups excluding carboxylic acids is 14. The Morgan fingerprint density at radius 1 is 0.550 bits per heavy atom. The highest BCUT2D eigenvalue weighted by Crippen LogP contribution is 2.26. The lowest BCUT2D eigenvalue weighted by molar-refractivity contribution is -0.143. The quantitative estimate of drug-likeness (QED) is 0.0182. The van der Waals surface area contributed by atoms with Gasteiger partial charge in [-0.15, -0.1) is 0 Å². The summed E-state index contributed by atoms with van der Waals surface area (Å²) in [5.74, 6) is -14.5. The number of aliphatic carboxylic acids is 2. The van der Waals surface area contributed by atoms with Crippen LogP contribution in [-0.4, -0.2) is 253 Å². The SMILES string of the molecule is CC(=O)NCCCC[C@H](NC(=O)[C@H](Cc1c[nH]c2ccccc12)NC(=O)[C@H](CC(=O)O)NC(=O)[C@H](Cc1cnc[nH]1)NC(=O)[C@H](CCCCNC(=O)[C@H](CCC(=O)O)NC(=O)c1ccc(N(C)Cc2cnc3nc(N)nc(N)c3n2)cc1)NC(=O)[C@H](Cc1c[nH]c2ccccc12)NC(=O)[C@H](Cc1cnc[nH]1)NC(=O)[C@@H]1CCC(=O)N1)C(=O)N1CCC[C@H]1C(=O)NCC(N)=O. The molecule has 682 valence electrons. The van der Waals surface area contributed by atoms with Gasteiger partial charge in [0, 0.05) is 141 Å². The van der Waals surface area contributed by atoms with Crippen LogP contribution >= 0.6 is 0 Å². The van der Waals surface area contributed by atoms with E-state index in [1.807, 2.05) is 0 Å². The summed E-state index contributed by atoms with van der Waals surface area (Å²) in [6.45, 7) is 1.09. The molecule has 0 bridgehead atoms. The van der Waals surface area contributed by atoms with Crippen LogP contribution in [0.2, 0.25) is 0 Å². The zero-order chi connectivity index (χ0) is 92.4. The van der Waals surface area contributed by atoms with Crippen LogP contribution in [0.1, 0.15) is 129 Å². The number of likely N-dealkylation sites (tertiary alicyclic amines) is 1. The van der Waals surface area contributed by atoms with Crippen LogP contribution in [0.4, 0.5) is 17.5 Å². The molecule has 24 N–H and O–H groups in total. The number of anilines is 3. The first kappa shape index (κ1) is 94.2. The summed E-state index contributed by atoms with van der Waals surface area (Å²) in [6, 6.07) is 5.06. The van der Waals surface area contributed by atoms with Gasteiger partial charge in [-0.1, -0.05) is 36.4 Å². The van der Waals surface area contributed by atoms with E-state index in [-0.39, 0.29) is 143 Å². The molecule has 2 fully saturated rings. The number of nitrogens with one attached hydrogen (secondary N) is 16. The van der Waals surface area contributed by atoms with Gasteiger partial charge in [0.1, 0.15) is 60.4 Å². The molecule has 0 aliphatic carbocycles. The Bertz CT molecular complexity index is 5570.